The highest BCUT2D eigenvalue weighted by Crippen LogP contribution is 2.29. The second-order valence-corrected chi connectivity index (χ2v) is 10.2. The lowest BCUT2D eigenvalue weighted by Crippen LogP contribution is -2.52. The first-order valence-corrected chi connectivity index (χ1v) is 13.3. The molecule has 0 N–H and O–H groups in total. The van der Waals surface area contributed by atoms with Crippen molar-refractivity contribution >= 4 is 17.6 Å². The molecule has 2 heterocycles. The van der Waals surface area contributed by atoms with Gasteiger partial charge < -0.3 is 9.80 Å². The van der Waals surface area contributed by atoms with Crippen LogP contribution in [0.4, 0.5) is 10.5 Å². The van der Waals surface area contributed by atoms with E-state index in [1.165, 1.54) is 16.7 Å². The van der Waals surface area contributed by atoms with Gasteiger partial charge in [0.25, 0.3) is 0 Å². The smallest absolute Gasteiger partial charge is 0.325 e. The molecule has 0 aliphatic carbocycles. The van der Waals surface area contributed by atoms with Gasteiger partial charge in [0.15, 0.2) is 0 Å². The first kappa shape index (κ1) is 25.0. The average Bonchev–Trinajstić information content (AvgIpc) is 3.30. The Morgan fingerprint density at radius 3 is 1.81 bits per heavy atom. The Balaban J connectivity index is 1.19. The van der Waals surface area contributed by atoms with Crippen molar-refractivity contribution in [3.8, 4) is 0 Å². The molecular weight excluding hydrogens is 460 g/mol. The minimum atomic E-state index is -0.0856. The van der Waals surface area contributed by atoms with E-state index in [9.17, 15) is 9.59 Å². The number of hydrogen-bond acceptors (Lipinski definition) is 3. The molecule has 192 valence electrons. The number of piperazine rings is 1. The number of carbonyl (C=O) groups is 2. The molecular formula is C31H36N4O2. The van der Waals surface area contributed by atoms with Crippen LogP contribution in [0.5, 0.6) is 0 Å². The number of amides is 3. The van der Waals surface area contributed by atoms with E-state index in [4.69, 9.17) is 0 Å². The van der Waals surface area contributed by atoms with E-state index < -0.39 is 0 Å². The van der Waals surface area contributed by atoms with Crippen molar-refractivity contribution in [3.05, 3.63) is 102 Å². The molecule has 2 aliphatic rings. The van der Waals surface area contributed by atoms with Gasteiger partial charge in [0.2, 0.25) is 5.91 Å². The summed E-state index contributed by atoms with van der Waals surface area (Å²) in [6.45, 7) is 8.55. The van der Waals surface area contributed by atoms with Gasteiger partial charge in [0.1, 0.15) is 6.54 Å². The maximum Gasteiger partial charge on any atom is 0.325 e. The van der Waals surface area contributed by atoms with Gasteiger partial charge in [0, 0.05) is 45.0 Å². The van der Waals surface area contributed by atoms with E-state index in [1.54, 1.807) is 9.80 Å². The first-order valence-electron chi connectivity index (χ1n) is 13.3. The van der Waals surface area contributed by atoms with Gasteiger partial charge in [0.05, 0.1) is 6.04 Å². The quantitative estimate of drug-likeness (QED) is 0.463. The van der Waals surface area contributed by atoms with E-state index in [0.717, 1.165) is 18.8 Å². The molecule has 6 nitrogen and oxygen atoms in total. The molecule has 3 amide bonds. The van der Waals surface area contributed by atoms with Crippen molar-refractivity contribution in [2.75, 3.05) is 50.7 Å². The largest absolute Gasteiger partial charge is 0.339 e. The van der Waals surface area contributed by atoms with Crippen LogP contribution in [-0.2, 0) is 4.79 Å². The molecule has 2 fully saturated rings. The summed E-state index contributed by atoms with van der Waals surface area (Å²) in [5.41, 5.74) is 4.67. The Labute approximate surface area is 220 Å². The minimum Gasteiger partial charge on any atom is -0.339 e. The van der Waals surface area contributed by atoms with E-state index in [1.807, 2.05) is 29.2 Å². The summed E-state index contributed by atoms with van der Waals surface area (Å²) in [5.74, 6) is 0.481. The van der Waals surface area contributed by atoms with Crippen LogP contribution in [0, 0.1) is 0 Å². The fourth-order valence-electron chi connectivity index (χ4n) is 5.39. The van der Waals surface area contributed by atoms with Gasteiger partial charge in [-0.25, -0.2) is 4.79 Å². The van der Waals surface area contributed by atoms with Crippen LogP contribution < -0.4 is 4.90 Å². The van der Waals surface area contributed by atoms with Crippen LogP contribution >= 0.6 is 0 Å². The molecule has 2 saturated heterocycles. The summed E-state index contributed by atoms with van der Waals surface area (Å²) in [7, 11) is 0. The monoisotopic (exact) mass is 496 g/mol. The Kier molecular flexibility index (Phi) is 7.56. The number of hydrogen-bond donors (Lipinski definition) is 0. The van der Waals surface area contributed by atoms with E-state index in [0.29, 0.717) is 32.1 Å². The fourth-order valence-corrected chi connectivity index (χ4v) is 5.39. The van der Waals surface area contributed by atoms with Crippen LogP contribution in [0.1, 0.15) is 42.5 Å². The lowest BCUT2D eigenvalue weighted by atomic mass is 9.96. The minimum absolute atomic E-state index is 0.0287. The van der Waals surface area contributed by atoms with Crippen molar-refractivity contribution in [2.24, 2.45) is 0 Å². The molecule has 6 heteroatoms. The number of rotatable bonds is 7. The molecule has 0 saturated carbocycles. The fraction of sp³-hybridized carbons (Fsp3) is 0.355. The van der Waals surface area contributed by atoms with Crippen molar-refractivity contribution in [1.29, 1.82) is 0 Å². The highest BCUT2D eigenvalue weighted by Gasteiger charge is 2.33. The summed E-state index contributed by atoms with van der Waals surface area (Å²) in [6.07, 6.45) is 0. The van der Waals surface area contributed by atoms with Crippen LogP contribution in [0.2, 0.25) is 0 Å². The molecule has 3 aromatic rings. The second-order valence-electron chi connectivity index (χ2n) is 10.2. The Bertz CT molecular complexity index is 1150. The lowest BCUT2D eigenvalue weighted by Gasteiger charge is -2.40. The zero-order valence-electron chi connectivity index (χ0n) is 21.8. The van der Waals surface area contributed by atoms with Crippen LogP contribution in [0.15, 0.2) is 84.9 Å². The Hall–Kier alpha value is -3.64. The van der Waals surface area contributed by atoms with Gasteiger partial charge in [-0.1, -0.05) is 86.6 Å². The van der Waals surface area contributed by atoms with Crippen LogP contribution in [0.3, 0.4) is 0 Å². The molecule has 37 heavy (non-hydrogen) atoms. The molecule has 0 bridgehead atoms. The third-order valence-electron chi connectivity index (χ3n) is 7.56. The Morgan fingerprint density at radius 2 is 1.27 bits per heavy atom. The topological polar surface area (TPSA) is 47.1 Å². The summed E-state index contributed by atoms with van der Waals surface area (Å²) in [5, 5.41) is 0. The molecule has 0 radical (unpaired) electrons. The van der Waals surface area contributed by atoms with Gasteiger partial charge in [-0.3, -0.25) is 14.6 Å². The molecule has 0 atom stereocenters. The maximum atomic E-state index is 13.2. The number of benzene rings is 3. The van der Waals surface area contributed by atoms with E-state index in [2.05, 4.69) is 79.4 Å². The summed E-state index contributed by atoms with van der Waals surface area (Å²) < 4.78 is 0. The SMILES string of the molecule is CC(C)c1ccc(N2CCN(CC(=O)N3CCN(C(c4ccccc4)c4ccccc4)CC3)C2=O)cc1. The summed E-state index contributed by atoms with van der Waals surface area (Å²) in [4.78, 5) is 34.1. The van der Waals surface area contributed by atoms with E-state index >= 15 is 0 Å². The normalized spacial score (nSPS) is 16.8. The number of urea groups is 1. The van der Waals surface area contributed by atoms with Gasteiger partial charge in [-0.2, -0.15) is 0 Å². The van der Waals surface area contributed by atoms with Crippen LogP contribution in [-0.4, -0.2) is 72.5 Å². The number of nitrogens with zero attached hydrogens (tertiary/aromatic N) is 4. The highest BCUT2D eigenvalue weighted by molar-refractivity contribution is 5.96. The van der Waals surface area contributed by atoms with Crippen molar-refractivity contribution in [3.63, 3.8) is 0 Å². The first-order chi connectivity index (χ1) is 18.0. The molecule has 0 unspecified atom stereocenters. The maximum absolute atomic E-state index is 13.2. The highest BCUT2D eigenvalue weighted by atomic mass is 16.2. The molecule has 0 spiro atoms. The van der Waals surface area contributed by atoms with Gasteiger partial charge >= 0.3 is 6.03 Å². The Morgan fingerprint density at radius 1 is 0.703 bits per heavy atom. The number of carbonyl (C=O) groups excluding carboxylic acids is 2. The predicted molar refractivity (Wildman–Crippen MR) is 148 cm³/mol. The summed E-state index contributed by atoms with van der Waals surface area (Å²) >= 11 is 0. The molecule has 2 aliphatic heterocycles. The van der Waals surface area contributed by atoms with Crippen molar-refractivity contribution in [2.45, 2.75) is 25.8 Å². The van der Waals surface area contributed by atoms with Gasteiger partial charge in [-0.15, -0.1) is 0 Å². The second kappa shape index (κ2) is 11.2. The lowest BCUT2D eigenvalue weighted by molar-refractivity contribution is -0.133. The summed E-state index contributed by atoms with van der Waals surface area (Å²) in [6, 6.07) is 29.4. The predicted octanol–water partition coefficient (Wildman–Crippen LogP) is 4.99. The van der Waals surface area contributed by atoms with Crippen LogP contribution in [0.25, 0.3) is 0 Å². The zero-order valence-corrected chi connectivity index (χ0v) is 21.8. The zero-order chi connectivity index (χ0) is 25.8. The average molecular weight is 497 g/mol. The van der Waals surface area contributed by atoms with E-state index in [-0.39, 0.29) is 24.5 Å². The van der Waals surface area contributed by atoms with Crippen molar-refractivity contribution < 1.29 is 9.59 Å². The van der Waals surface area contributed by atoms with Gasteiger partial charge in [-0.05, 0) is 34.7 Å². The number of anilines is 1. The third-order valence-corrected chi connectivity index (χ3v) is 7.56. The molecule has 3 aromatic carbocycles. The molecule has 0 aromatic heterocycles. The third kappa shape index (κ3) is 5.54. The standard InChI is InChI=1S/C31H36N4O2/c1-24(2)25-13-15-28(16-14-25)35-22-21-34(31(35)37)23-29(36)32-17-19-33(20-18-32)30(26-9-5-3-6-10-26)27-11-7-4-8-12-27/h3-16,24,30H,17-23H2,1-2H3. The molecule has 5 rings (SSSR count). The van der Waals surface area contributed by atoms with Crippen molar-refractivity contribution in [1.82, 2.24) is 14.7 Å².